The van der Waals surface area contributed by atoms with Gasteiger partial charge in [-0.3, -0.25) is 4.98 Å². The molecule has 0 aliphatic heterocycles. The molecule has 1 heterocycles. The smallest absolute Gasteiger partial charge is 0.341 e. The number of aromatic nitrogens is 1. The molecular formula is C9H10ClNO2. The number of nitrogens with zero attached hydrogens (tertiary/aromatic N) is 1. The van der Waals surface area contributed by atoms with Crippen molar-refractivity contribution in [1.29, 1.82) is 0 Å². The van der Waals surface area contributed by atoms with E-state index in [-0.39, 0.29) is 0 Å². The molecule has 0 radical (unpaired) electrons. The molecule has 0 aromatic carbocycles. The first-order valence-electron chi connectivity index (χ1n) is 3.78. The van der Waals surface area contributed by atoms with Crippen molar-refractivity contribution in [3.63, 3.8) is 0 Å². The van der Waals surface area contributed by atoms with Gasteiger partial charge in [0.05, 0.1) is 23.4 Å². The minimum absolute atomic E-state index is 0.342. The van der Waals surface area contributed by atoms with E-state index in [0.29, 0.717) is 16.3 Å². The molecule has 0 aliphatic rings. The lowest BCUT2D eigenvalue weighted by molar-refractivity contribution is 0.0599. The lowest BCUT2D eigenvalue weighted by atomic mass is 10.2. The van der Waals surface area contributed by atoms with Crippen molar-refractivity contribution in [2.24, 2.45) is 0 Å². The van der Waals surface area contributed by atoms with Gasteiger partial charge in [-0.05, 0) is 19.9 Å². The van der Waals surface area contributed by atoms with Crippen LogP contribution in [0.25, 0.3) is 0 Å². The van der Waals surface area contributed by atoms with Crippen LogP contribution < -0.4 is 0 Å². The average molecular weight is 200 g/mol. The van der Waals surface area contributed by atoms with Crippen molar-refractivity contribution in [3.05, 3.63) is 28.0 Å². The molecule has 0 atom stereocenters. The Balaban J connectivity index is 3.28. The lowest BCUT2D eigenvalue weighted by Crippen LogP contribution is -2.06. The molecule has 3 nitrogen and oxygen atoms in total. The van der Waals surface area contributed by atoms with E-state index in [4.69, 9.17) is 11.6 Å². The number of hydrogen-bond acceptors (Lipinski definition) is 3. The van der Waals surface area contributed by atoms with Gasteiger partial charge < -0.3 is 4.74 Å². The Morgan fingerprint density at radius 2 is 2.15 bits per heavy atom. The highest BCUT2D eigenvalue weighted by atomic mass is 35.5. The summed E-state index contributed by atoms with van der Waals surface area (Å²) in [7, 11) is 1.32. The van der Waals surface area contributed by atoms with Gasteiger partial charge in [0.15, 0.2) is 0 Å². The Morgan fingerprint density at radius 3 is 2.62 bits per heavy atom. The van der Waals surface area contributed by atoms with Crippen molar-refractivity contribution >= 4 is 17.6 Å². The van der Waals surface area contributed by atoms with Crippen molar-refractivity contribution < 1.29 is 9.53 Å². The highest BCUT2D eigenvalue weighted by Crippen LogP contribution is 2.20. The molecule has 1 aromatic heterocycles. The summed E-state index contributed by atoms with van der Waals surface area (Å²) in [4.78, 5) is 15.3. The fourth-order valence-corrected chi connectivity index (χ4v) is 1.50. The van der Waals surface area contributed by atoms with E-state index in [9.17, 15) is 4.79 Å². The van der Waals surface area contributed by atoms with Crippen molar-refractivity contribution in [1.82, 2.24) is 4.98 Å². The lowest BCUT2D eigenvalue weighted by Gasteiger charge is -2.05. The predicted octanol–water partition coefficient (Wildman–Crippen LogP) is 2.14. The van der Waals surface area contributed by atoms with Gasteiger partial charge >= 0.3 is 5.97 Å². The van der Waals surface area contributed by atoms with Gasteiger partial charge in [0.25, 0.3) is 0 Å². The van der Waals surface area contributed by atoms with Gasteiger partial charge in [0.1, 0.15) is 0 Å². The molecule has 1 rings (SSSR count). The number of methoxy groups -OCH3 is 1. The van der Waals surface area contributed by atoms with E-state index >= 15 is 0 Å². The fraction of sp³-hybridized carbons (Fsp3) is 0.333. The maximum Gasteiger partial charge on any atom is 0.341 e. The molecule has 0 saturated carbocycles. The van der Waals surface area contributed by atoms with Crippen LogP contribution in [0.3, 0.4) is 0 Å². The number of halogens is 1. The van der Waals surface area contributed by atoms with Crippen LogP contribution in [0.2, 0.25) is 5.02 Å². The first-order chi connectivity index (χ1) is 6.06. The molecule has 0 spiro atoms. The first-order valence-corrected chi connectivity index (χ1v) is 4.16. The van der Waals surface area contributed by atoms with Crippen molar-refractivity contribution in [3.8, 4) is 0 Å². The fourth-order valence-electron chi connectivity index (χ4n) is 1.13. The molecule has 0 fully saturated rings. The molecule has 0 bridgehead atoms. The summed E-state index contributed by atoms with van der Waals surface area (Å²) in [6, 6.07) is 1.64. The van der Waals surface area contributed by atoms with Gasteiger partial charge in [-0.1, -0.05) is 11.6 Å². The van der Waals surface area contributed by atoms with Crippen LogP contribution in [-0.4, -0.2) is 18.1 Å². The number of esters is 1. The molecule has 13 heavy (non-hydrogen) atoms. The Hall–Kier alpha value is -1.09. The van der Waals surface area contributed by atoms with Crippen molar-refractivity contribution in [2.45, 2.75) is 13.8 Å². The number of pyridine rings is 1. The quantitative estimate of drug-likeness (QED) is 0.651. The summed E-state index contributed by atoms with van der Waals surface area (Å²) in [5.74, 6) is -0.449. The average Bonchev–Trinajstić information content (AvgIpc) is 2.02. The van der Waals surface area contributed by atoms with Gasteiger partial charge in [-0.2, -0.15) is 0 Å². The number of ether oxygens (including phenoxy) is 1. The molecule has 0 amide bonds. The molecule has 0 aliphatic carbocycles. The second-order valence-corrected chi connectivity index (χ2v) is 3.10. The van der Waals surface area contributed by atoms with Gasteiger partial charge in [-0.25, -0.2) is 4.79 Å². The zero-order valence-corrected chi connectivity index (χ0v) is 8.47. The van der Waals surface area contributed by atoms with Crippen LogP contribution in [0.4, 0.5) is 0 Å². The maximum absolute atomic E-state index is 11.2. The molecule has 0 N–H and O–H groups in total. The third-order valence-electron chi connectivity index (χ3n) is 1.67. The maximum atomic E-state index is 11.2. The Kier molecular flexibility index (Phi) is 2.88. The normalized spacial score (nSPS) is 9.85. The van der Waals surface area contributed by atoms with E-state index in [1.54, 1.807) is 13.0 Å². The second kappa shape index (κ2) is 3.75. The van der Waals surface area contributed by atoms with Crippen molar-refractivity contribution in [2.75, 3.05) is 7.11 Å². The highest BCUT2D eigenvalue weighted by molar-refractivity contribution is 6.33. The second-order valence-electron chi connectivity index (χ2n) is 2.70. The van der Waals surface area contributed by atoms with E-state index in [1.807, 2.05) is 6.92 Å². The van der Waals surface area contributed by atoms with Gasteiger partial charge in [-0.15, -0.1) is 0 Å². The zero-order chi connectivity index (χ0) is 10.0. The monoisotopic (exact) mass is 199 g/mol. The third-order valence-corrected chi connectivity index (χ3v) is 1.97. The number of carbonyl (C=O) groups excluding carboxylic acids is 1. The number of aryl methyl sites for hydroxylation is 2. The van der Waals surface area contributed by atoms with E-state index in [0.717, 1.165) is 5.69 Å². The van der Waals surface area contributed by atoms with E-state index < -0.39 is 5.97 Å². The summed E-state index contributed by atoms with van der Waals surface area (Å²) >= 11 is 5.87. The number of carbonyl (C=O) groups is 1. The SMILES string of the molecule is COC(=O)c1c(Cl)cc(C)nc1C. The molecule has 4 heteroatoms. The van der Waals surface area contributed by atoms with Gasteiger partial charge in [0, 0.05) is 5.69 Å². The Morgan fingerprint density at radius 1 is 1.54 bits per heavy atom. The number of rotatable bonds is 1. The van der Waals surface area contributed by atoms with Crippen LogP contribution in [0.1, 0.15) is 21.7 Å². The number of hydrogen-bond donors (Lipinski definition) is 0. The summed E-state index contributed by atoms with van der Waals surface area (Å²) in [5, 5.41) is 0.386. The molecule has 70 valence electrons. The van der Waals surface area contributed by atoms with Crippen LogP contribution >= 0.6 is 11.6 Å². The Bertz CT molecular complexity index is 326. The predicted molar refractivity (Wildman–Crippen MR) is 50.1 cm³/mol. The van der Waals surface area contributed by atoms with E-state index in [2.05, 4.69) is 9.72 Å². The zero-order valence-electron chi connectivity index (χ0n) is 7.72. The summed E-state index contributed by atoms with van der Waals surface area (Å²) < 4.78 is 4.57. The van der Waals surface area contributed by atoms with Crippen LogP contribution in [0.5, 0.6) is 0 Å². The van der Waals surface area contributed by atoms with Crippen LogP contribution in [-0.2, 0) is 4.74 Å². The Labute approximate surface area is 81.7 Å². The standard InChI is InChI=1S/C9H10ClNO2/c1-5-4-7(10)8(6(2)11-5)9(12)13-3/h4H,1-3H3. The third kappa shape index (κ3) is 1.98. The highest BCUT2D eigenvalue weighted by Gasteiger charge is 2.14. The molecule has 1 aromatic rings. The summed E-state index contributed by atoms with van der Waals surface area (Å²) in [6.45, 7) is 3.55. The minimum Gasteiger partial charge on any atom is -0.465 e. The molecular weight excluding hydrogens is 190 g/mol. The molecule has 0 unspecified atom stereocenters. The van der Waals surface area contributed by atoms with Crippen LogP contribution in [0, 0.1) is 13.8 Å². The summed E-state index contributed by atoms with van der Waals surface area (Å²) in [5.41, 5.74) is 1.72. The molecule has 0 saturated heterocycles. The van der Waals surface area contributed by atoms with E-state index in [1.165, 1.54) is 7.11 Å². The summed E-state index contributed by atoms with van der Waals surface area (Å²) in [6.07, 6.45) is 0. The topological polar surface area (TPSA) is 39.2 Å². The van der Waals surface area contributed by atoms with Gasteiger partial charge in [0.2, 0.25) is 0 Å². The first kappa shape index (κ1) is 9.99. The van der Waals surface area contributed by atoms with Crippen LogP contribution in [0.15, 0.2) is 6.07 Å². The largest absolute Gasteiger partial charge is 0.465 e. The minimum atomic E-state index is -0.449.